The van der Waals surface area contributed by atoms with E-state index in [1.165, 1.54) is 0 Å². The van der Waals surface area contributed by atoms with Crippen LogP contribution in [0.15, 0.2) is 60.2 Å². The Morgan fingerprint density at radius 2 is 1.94 bits per heavy atom. The van der Waals surface area contributed by atoms with Gasteiger partial charge in [-0.15, -0.1) is 0 Å². The first-order valence-electron chi connectivity index (χ1n) is 11.2. The number of allylic oxidation sites excluding steroid dienone is 3. The number of halogens is 2. The Morgan fingerprint density at radius 3 is 2.69 bits per heavy atom. The van der Waals surface area contributed by atoms with Gasteiger partial charge in [-0.3, -0.25) is 15.0 Å². The van der Waals surface area contributed by atoms with E-state index in [0.717, 1.165) is 48.6 Å². The van der Waals surface area contributed by atoms with Crippen LogP contribution in [0.2, 0.25) is 10.0 Å². The van der Waals surface area contributed by atoms with Crippen molar-refractivity contribution in [3.8, 4) is 5.75 Å². The normalized spacial score (nSPS) is 16.8. The maximum Gasteiger partial charge on any atom is 0.124 e. The highest BCUT2D eigenvalue weighted by Gasteiger charge is 2.16. The van der Waals surface area contributed by atoms with Crippen molar-refractivity contribution in [3.63, 3.8) is 0 Å². The predicted molar refractivity (Wildman–Crippen MR) is 140 cm³/mol. The summed E-state index contributed by atoms with van der Waals surface area (Å²) < 4.78 is 11.5. The number of morpholine rings is 1. The molecule has 0 radical (unpaired) electrons. The number of pyridine rings is 1. The standard InChI is InChI=1S/C25H28Cl2N6O2/c1-16(25-21(26)13-30-14-22(25)27)35-19-5-7-24-20(12-19)23(31-32-24)6-4-17(28)2-3-18(29)15-33-8-10-34-11-9-33/h2-7,12-14,16H,8-11,15,28-29H2,1H3,(H,31,32)/b6-4+,17-2-,18-3-. The van der Waals surface area contributed by atoms with Crippen LogP contribution in [0, 0.1) is 0 Å². The molecule has 0 amide bonds. The lowest BCUT2D eigenvalue weighted by Gasteiger charge is -2.26. The third-order valence-corrected chi connectivity index (χ3v) is 6.21. The van der Waals surface area contributed by atoms with Crippen LogP contribution in [-0.4, -0.2) is 52.9 Å². The first-order chi connectivity index (χ1) is 16.9. The molecule has 1 unspecified atom stereocenters. The summed E-state index contributed by atoms with van der Waals surface area (Å²) in [5, 5.41) is 9.22. The number of nitrogens with zero attached hydrogens (tertiary/aromatic N) is 3. The number of nitrogens with one attached hydrogen (secondary N) is 1. The number of rotatable bonds is 8. The predicted octanol–water partition coefficient (Wildman–Crippen LogP) is 4.44. The molecule has 3 aromatic rings. The monoisotopic (exact) mass is 514 g/mol. The Kier molecular flexibility index (Phi) is 8.30. The highest BCUT2D eigenvalue weighted by atomic mass is 35.5. The highest BCUT2D eigenvalue weighted by Crippen LogP contribution is 2.33. The van der Waals surface area contributed by atoms with Gasteiger partial charge >= 0.3 is 0 Å². The van der Waals surface area contributed by atoms with Gasteiger partial charge in [-0.2, -0.15) is 5.10 Å². The molecule has 0 bridgehead atoms. The van der Waals surface area contributed by atoms with E-state index < -0.39 is 0 Å². The smallest absolute Gasteiger partial charge is 0.124 e. The van der Waals surface area contributed by atoms with Gasteiger partial charge in [0, 0.05) is 54.4 Å². The molecule has 184 valence electrons. The number of H-pyrrole nitrogens is 1. The van der Waals surface area contributed by atoms with Gasteiger partial charge < -0.3 is 20.9 Å². The van der Waals surface area contributed by atoms with Crippen molar-refractivity contribution in [3.05, 3.63) is 81.5 Å². The number of ether oxygens (including phenoxy) is 2. The Balaban J connectivity index is 1.45. The number of aromatic amines is 1. The molecule has 1 saturated heterocycles. The molecule has 1 aliphatic rings. The summed E-state index contributed by atoms with van der Waals surface area (Å²) >= 11 is 12.5. The molecule has 8 nitrogen and oxygen atoms in total. The van der Waals surface area contributed by atoms with Crippen LogP contribution in [0.1, 0.15) is 24.3 Å². The quantitative estimate of drug-likeness (QED) is 0.380. The van der Waals surface area contributed by atoms with Crippen LogP contribution in [0.3, 0.4) is 0 Å². The third-order valence-electron chi connectivity index (χ3n) is 5.61. The number of fused-ring (bicyclic) bond motifs is 1. The summed E-state index contributed by atoms with van der Waals surface area (Å²) in [6.07, 6.45) is 10.00. The number of hydrogen-bond acceptors (Lipinski definition) is 7. The van der Waals surface area contributed by atoms with E-state index in [-0.39, 0.29) is 6.10 Å². The second kappa shape index (κ2) is 11.6. The second-order valence-electron chi connectivity index (χ2n) is 8.22. The molecule has 0 spiro atoms. The number of aromatic nitrogens is 3. The van der Waals surface area contributed by atoms with Gasteiger partial charge in [0.25, 0.3) is 0 Å². The number of hydrogen-bond donors (Lipinski definition) is 3. The lowest BCUT2D eigenvalue weighted by atomic mass is 10.1. The van der Waals surface area contributed by atoms with Crippen LogP contribution in [-0.2, 0) is 4.74 Å². The van der Waals surface area contributed by atoms with Gasteiger partial charge in [0.15, 0.2) is 0 Å². The Bertz CT molecular complexity index is 1240. The van der Waals surface area contributed by atoms with E-state index in [4.69, 9.17) is 44.1 Å². The molecular formula is C25H28Cl2N6O2. The molecule has 2 aromatic heterocycles. The molecule has 35 heavy (non-hydrogen) atoms. The topological polar surface area (TPSA) is 115 Å². The molecule has 10 heteroatoms. The van der Waals surface area contributed by atoms with Crippen LogP contribution >= 0.6 is 23.2 Å². The van der Waals surface area contributed by atoms with Crippen LogP contribution < -0.4 is 16.2 Å². The number of nitrogens with two attached hydrogens (primary N) is 2. The van der Waals surface area contributed by atoms with Gasteiger partial charge in [0.05, 0.1) is 34.5 Å². The van der Waals surface area contributed by atoms with Gasteiger partial charge in [0.1, 0.15) is 11.9 Å². The van der Waals surface area contributed by atoms with Crippen LogP contribution in [0.4, 0.5) is 0 Å². The largest absolute Gasteiger partial charge is 0.486 e. The third kappa shape index (κ3) is 6.55. The van der Waals surface area contributed by atoms with Crippen molar-refractivity contribution in [1.29, 1.82) is 0 Å². The first kappa shape index (κ1) is 25.1. The van der Waals surface area contributed by atoms with E-state index in [1.54, 1.807) is 24.5 Å². The highest BCUT2D eigenvalue weighted by molar-refractivity contribution is 6.35. The van der Waals surface area contributed by atoms with Crippen LogP contribution in [0.5, 0.6) is 5.75 Å². The van der Waals surface area contributed by atoms with Crippen molar-refractivity contribution in [2.45, 2.75) is 13.0 Å². The van der Waals surface area contributed by atoms with Crippen molar-refractivity contribution >= 4 is 40.2 Å². The van der Waals surface area contributed by atoms with Crippen molar-refractivity contribution in [1.82, 2.24) is 20.1 Å². The molecule has 3 heterocycles. The zero-order valence-electron chi connectivity index (χ0n) is 19.4. The van der Waals surface area contributed by atoms with Gasteiger partial charge in [-0.25, -0.2) is 0 Å². The summed E-state index contributed by atoms with van der Waals surface area (Å²) in [4.78, 5) is 6.24. The fraction of sp³-hybridized carbons (Fsp3) is 0.280. The summed E-state index contributed by atoms with van der Waals surface area (Å²) in [6.45, 7) is 5.82. The molecule has 1 aliphatic heterocycles. The molecule has 5 N–H and O–H groups in total. The van der Waals surface area contributed by atoms with Crippen molar-refractivity contribution in [2.75, 3.05) is 32.8 Å². The first-order valence-corrected chi connectivity index (χ1v) is 12.0. The summed E-state index contributed by atoms with van der Waals surface area (Å²) in [6, 6.07) is 5.69. The lowest BCUT2D eigenvalue weighted by Crippen LogP contribution is -2.38. The average Bonchev–Trinajstić information content (AvgIpc) is 3.24. The van der Waals surface area contributed by atoms with E-state index in [9.17, 15) is 0 Å². The van der Waals surface area contributed by atoms with Gasteiger partial charge in [-0.05, 0) is 49.4 Å². The molecule has 4 rings (SSSR count). The lowest BCUT2D eigenvalue weighted by molar-refractivity contribution is 0.0421. The summed E-state index contributed by atoms with van der Waals surface area (Å²) in [5.74, 6) is 0.660. The zero-order chi connectivity index (χ0) is 24.8. The second-order valence-corrected chi connectivity index (χ2v) is 9.04. The summed E-state index contributed by atoms with van der Waals surface area (Å²) in [7, 11) is 0. The Labute approximate surface area is 214 Å². The van der Waals surface area contributed by atoms with Crippen molar-refractivity contribution < 1.29 is 9.47 Å². The van der Waals surface area contributed by atoms with E-state index in [2.05, 4.69) is 20.1 Å². The molecule has 1 fully saturated rings. The summed E-state index contributed by atoms with van der Waals surface area (Å²) in [5.41, 5.74) is 15.9. The SMILES string of the molecule is CC(Oc1ccc2[nH]nc(/C=C/C(N)=C/C=C(\N)CN3CCOCC3)c2c1)c1c(Cl)cncc1Cl. The minimum atomic E-state index is -0.366. The Hall–Kier alpha value is -3.04. The van der Waals surface area contributed by atoms with Crippen molar-refractivity contribution in [2.24, 2.45) is 11.5 Å². The molecule has 1 aromatic carbocycles. The molecule has 0 aliphatic carbocycles. The fourth-order valence-electron chi connectivity index (χ4n) is 3.79. The fourth-order valence-corrected chi connectivity index (χ4v) is 4.46. The average molecular weight is 515 g/mol. The maximum absolute atomic E-state index is 6.27. The minimum Gasteiger partial charge on any atom is -0.486 e. The zero-order valence-corrected chi connectivity index (χ0v) is 20.9. The number of benzene rings is 1. The van der Waals surface area contributed by atoms with Gasteiger partial charge in [0.2, 0.25) is 0 Å². The van der Waals surface area contributed by atoms with E-state index in [1.807, 2.05) is 37.3 Å². The minimum absolute atomic E-state index is 0.366. The van der Waals surface area contributed by atoms with E-state index in [0.29, 0.717) is 33.6 Å². The maximum atomic E-state index is 6.27. The molecule has 0 saturated carbocycles. The molecular weight excluding hydrogens is 487 g/mol. The van der Waals surface area contributed by atoms with Crippen LogP contribution in [0.25, 0.3) is 17.0 Å². The van der Waals surface area contributed by atoms with Gasteiger partial charge in [-0.1, -0.05) is 23.2 Å². The molecule has 1 atom stereocenters. The van der Waals surface area contributed by atoms with E-state index >= 15 is 0 Å². The Morgan fingerprint density at radius 1 is 1.20 bits per heavy atom.